The van der Waals surface area contributed by atoms with Crippen molar-refractivity contribution in [2.75, 3.05) is 4.90 Å². The van der Waals surface area contributed by atoms with Gasteiger partial charge in [-0.3, -0.25) is 9.78 Å². The number of carbonyl (C=O) groups excluding carboxylic acids is 1. The Labute approximate surface area is 145 Å². The lowest BCUT2D eigenvalue weighted by Gasteiger charge is -2.22. The van der Waals surface area contributed by atoms with Gasteiger partial charge < -0.3 is 9.88 Å². The summed E-state index contributed by atoms with van der Waals surface area (Å²) < 4.78 is 0. The van der Waals surface area contributed by atoms with Crippen LogP contribution in [0.4, 0.5) is 5.69 Å². The fourth-order valence-corrected chi connectivity index (χ4v) is 2.63. The first-order valence-electron chi connectivity index (χ1n) is 7.57. The maximum atomic E-state index is 12.9. The summed E-state index contributed by atoms with van der Waals surface area (Å²) >= 11 is 6.09. The maximum absolute atomic E-state index is 12.9. The first-order chi connectivity index (χ1) is 11.6. The number of amides is 1. The number of imidazole rings is 1. The van der Waals surface area contributed by atoms with Crippen LogP contribution in [0.3, 0.4) is 0 Å². The molecule has 6 heteroatoms. The van der Waals surface area contributed by atoms with Gasteiger partial charge in [0.15, 0.2) is 0 Å². The normalized spacial score (nSPS) is 10.6. The number of anilines is 1. The Morgan fingerprint density at radius 2 is 2.17 bits per heavy atom. The molecule has 1 aromatic carbocycles. The highest BCUT2D eigenvalue weighted by molar-refractivity contribution is 6.30. The monoisotopic (exact) mass is 340 g/mol. The zero-order valence-corrected chi connectivity index (χ0v) is 14.0. The first-order valence-corrected chi connectivity index (χ1v) is 7.95. The quantitative estimate of drug-likeness (QED) is 0.772. The topological polar surface area (TPSA) is 61.9 Å². The van der Waals surface area contributed by atoms with Gasteiger partial charge in [-0.05, 0) is 42.3 Å². The molecule has 122 valence electrons. The summed E-state index contributed by atoms with van der Waals surface area (Å²) in [5.74, 6) is 0.677. The van der Waals surface area contributed by atoms with Crippen molar-refractivity contribution < 1.29 is 4.79 Å². The second-order valence-corrected chi connectivity index (χ2v) is 5.91. The minimum atomic E-state index is -0.0373. The number of hydrogen-bond acceptors (Lipinski definition) is 3. The Bertz CT molecular complexity index is 833. The molecule has 0 bridgehead atoms. The Morgan fingerprint density at radius 1 is 1.29 bits per heavy atom. The van der Waals surface area contributed by atoms with Gasteiger partial charge in [-0.15, -0.1) is 0 Å². The van der Waals surface area contributed by atoms with E-state index in [4.69, 9.17) is 11.6 Å². The average Bonchev–Trinajstić information content (AvgIpc) is 3.08. The lowest BCUT2D eigenvalue weighted by Crippen LogP contribution is -2.32. The lowest BCUT2D eigenvalue weighted by molar-refractivity contribution is -0.118. The Morgan fingerprint density at radius 3 is 2.88 bits per heavy atom. The van der Waals surface area contributed by atoms with Gasteiger partial charge >= 0.3 is 0 Å². The van der Waals surface area contributed by atoms with Gasteiger partial charge in [-0.1, -0.05) is 17.7 Å². The number of benzene rings is 1. The number of carbonyl (C=O) groups is 1. The molecule has 0 saturated heterocycles. The third-order valence-electron chi connectivity index (χ3n) is 3.77. The van der Waals surface area contributed by atoms with E-state index in [-0.39, 0.29) is 12.3 Å². The second-order valence-electron chi connectivity index (χ2n) is 5.47. The molecule has 2 heterocycles. The van der Waals surface area contributed by atoms with Crippen molar-refractivity contribution in [3.05, 3.63) is 77.1 Å². The standard InChI is InChI=1S/C18H17ClN4O/c1-13-5-6-20-11-14(13)9-18(24)23(12-17-21-7-8-22-17)16-4-2-3-15(19)10-16/h2-8,10-11H,9,12H2,1H3,(H,21,22). The van der Waals surface area contributed by atoms with Crippen molar-refractivity contribution in [1.29, 1.82) is 0 Å². The van der Waals surface area contributed by atoms with Crippen LogP contribution in [-0.2, 0) is 17.8 Å². The van der Waals surface area contributed by atoms with Gasteiger partial charge in [-0.25, -0.2) is 4.98 Å². The van der Waals surface area contributed by atoms with Crippen LogP contribution in [0.2, 0.25) is 5.02 Å². The highest BCUT2D eigenvalue weighted by Crippen LogP contribution is 2.22. The third-order valence-corrected chi connectivity index (χ3v) is 4.01. The maximum Gasteiger partial charge on any atom is 0.231 e. The minimum absolute atomic E-state index is 0.0373. The average molecular weight is 341 g/mol. The molecule has 5 nitrogen and oxygen atoms in total. The van der Waals surface area contributed by atoms with E-state index < -0.39 is 0 Å². The molecule has 0 aliphatic carbocycles. The zero-order valence-electron chi connectivity index (χ0n) is 13.2. The summed E-state index contributed by atoms with van der Waals surface area (Å²) in [6.07, 6.45) is 7.13. The fraction of sp³-hybridized carbons (Fsp3) is 0.167. The summed E-state index contributed by atoms with van der Waals surface area (Å²) in [6.45, 7) is 2.33. The van der Waals surface area contributed by atoms with Crippen molar-refractivity contribution in [3.8, 4) is 0 Å². The van der Waals surface area contributed by atoms with Gasteiger partial charge in [0.2, 0.25) is 5.91 Å². The number of nitrogens with one attached hydrogen (secondary N) is 1. The van der Waals surface area contributed by atoms with Crippen LogP contribution in [0, 0.1) is 6.92 Å². The van der Waals surface area contributed by atoms with Crippen molar-refractivity contribution in [2.24, 2.45) is 0 Å². The molecular weight excluding hydrogens is 324 g/mol. The number of nitrogens with zero attached hydrogens (tertiary/aromatic N) is 3. The number of hydrogen-bond donors (Lipinski definition) is 1. The molecule has 2 aromatic heterocycles. The number of aromatic nitrogens is 3. The second kappa shape index (κ2) is 7.27. The summed E-state index contributed by atoms with van der Waals surface area (Å²) in [5.41, 5.74) is 2.70. The smallest absolute Gasteiger partial charge is 0.231 e. The van der Waals surface area contributed by atoms with Crippen LogP contribution in [0.5, 0.6) is 0 Å². The molecule has 3 aromatic rings. The van der Waals surface area contributed by atoms with E-state index in [0.717, 1.165) is 16.8 Å². The van der Waals surface area contributed by atoms with Crippen LogP contribution < -0.4 is 4.90 Å². The van der Waals surface area contributed by atoms with E-state index in [1.54, 1.807) is 41.8 Å². The molecule has 1 amide bonds. The van der Waals surface area contributed by atoms with Crippen LogP contribution in [-0.4, -0.2) is 20.9 Å². The Balaban J connectivity index is 1.88. The lowest BCUT2D eigenvalue weighted by atomic mass is 10.1. The van der Waals surface area contributed by atoms with Crippen LogP contribution in [0.25, 0.3) is 0 Å². The van der Waals surface area contributed by atoms with Crippen molar-refractivity contribution >= 4 is 23.2 Å². The molecule has 1 N–H and O–H groups in total. The van der Waals surface area contributed by atoms with Crippen molar-refractivity contribution in [3.63, 3.8) is 0 Å². The van der Waals surface area contributed by atoms with Gasteiger partial charge in [0.05, 0.1) is 13.0 Å². The Kier molecular flexibility index (Phi) is 4.91. The molecule has 0 fully saturated rings. The third kappa shape index (κ3) is 3.81. The van der Waals surface area contributed by atoms with Crippen LogP contribution in [0.1, 0.15) is 17.0 Å². The molecule has 3 rings (SSSR count). The fourth-order valence-electron chi connectivity index (χ4n) is 2.44. The number of aromatic amines is 1. The number of H-pyrrole nitrogens is 1. The molecular formula is C18H17ClN4O. The molecule has 0 aliphatic rings. The largest absolute Gasteiger partial charge is 0.347 e. The van der Waals surface area contributed by atoms with Crippen molar-refractivity contribution in [2.45, 2.75) is 19.9 Å². The highest BCUT2D eigenvalue weighted by atomic mass is 35.5. The van der Waals surface area contributed by atoms with E-state index in [1.165, 1.54) is 0 Å². The van der Waals surface area contributed by atoms with Crippen LogP contribution >= 0.6 is 11.6 Å². The van der Waals surface area contributed by atoms with Gasteiger partial charge in [-0.2, -0.15) is 0 Å². The molecule has 0 atom stereocenters. The first kappa shape index (κ1) is 16.2. The van der Waals surface area contributed by atoms with E-state index in [2.05, 4.69) is 15.0 Å². The predicted molar refractivity (Wildman–Crippen MR) is 93.9 cm³/mol. The van der Waals surface area contributed by atoms with Gasteiger partial charge in [0, 0.05) is 35.5 Å². The van der Waals surface area contributed by atoms with E-state index in [0.29, 0.717) is 17.4 Å². The highest BCUT2D eigenvalue weighted by Gasteiger charge is 2.19. The minimum Gasteiger partial charge on any atom is -0.347 e. The van der Waals surface area contributed by atoms with E-state index in [1.807, 2.05) is 25.1 Å². The van der Waals surface area contributed by atoms with Gasteiger partial charge in [0.25, 0.3) is 0 Å². The van der Waals surface area contributed by atoms with Crippen molar-refractivity contribution in [1.82, 2.24) is 15.0 Å². The summed E-state index contributed by atoms with van der Waals surface area (Å²) in [5, 5.41) is 0.585. The summed E-state index contributed by atoms with van der Waals surface area (Å²) in [6, 6.07) is 9.15. The van der Waals surface area contributed by atoms with Gasteiger partial charge in [0.1, 0.15) is 5.82 Å². The van der Waals surface area contributed by atoms with Crippen LogP contribution in [0.15, 0.2) is 55.1 Å². The molecule has 0 aliphatic heterocycles. The molecule has 0 spiro atoms. The number of halogens is 1. The number of rotatable bonds is 5. The van der Waals surface area contributed by atoms with E-state index in [9.17, 15) is 4.79 Å². The summed E-state index contributed by atoms with van der Waals surface area (Å²) in [4.78, 5) is 26.0. The number of aryl methyl sites for hydroxylation is 1. The predicted octanol–water partition coefficient (Wildman–Crippen LogP) is 3.54. The van der Waals surface area contributed by atoms with E-state index >= 15 is 0 Å². The SMILES string of the molecule is Cc1ccncc1CC(=O)N(Cc1ncc[nH]1)c1cccc(Cl)c1. The molecule has 0 unspecified atom stereocenters. The number of pyridine rings is 1. The molecule has 0 saturated carbocycles. The summed E-state index contributed by atoms with van der Waals surface area (Å²) in [7, 11) is 0. The molecule has 0 radical (unpaired) electrons. The Hall–Kier alpha value is -2.66. The molecule has 24 heavy (non-hydrogen) atoms. The zero-order chi connectivity index (χ0) is 16.9.